The molecule has 0 spiro atoms. The van der Waals surface area contributed by atoms with Gasteiger partial charge in [-0.2, -0.15) is 0 Å². The molecule has 0 aromatic heterocycles. The van der Waals surface area contributed by atoms with Crippen LogP contribution < -0.4 is 5.32 Å². The van der Waals surface area contributed by atoms with Crippen molar-refractivity contribution in [1.82, 2.24) is 10.2 Å². The van der Waals surface area contributed by atoms with E-state index in [0.717, 1.165) is 26.1 Å². The predicted octanol–water partition coefficient (Wildman–Crippen LogP) is 1.85. The van der Waals surface area contributed by atoms with Gasteiger partial charge in [0.1, 0.15) is 0 Å². The summed E-state index contributed by atoms with van der Waals surface area (Å²) >= 11 is 0. The second kappa shape index (κ2) is 6.74. The first-order valence-electron chi connectivity index (χ1n) is 6.35. The van der Waals surface area contributed by atoms with Gasteiger partial charge in [-0.1, -0.05) is 20.3 Å². The van der Waals surface area contributed by atoms with Gasteiger partial charge in [-0.3, -0.25) is 0 Å². The van der Waals surface area contributed by atoms with Crippen LogP contribution in [0.4, 0.5) is 4.79 Å². The Balaban J connectivity index is 2.42. The molecule has 1 rings (SSSR count). The van der Waals surface area contributed by atoms with Crippen LogP contribution >= 0.6 is 0 Å². The lowest BCUT2D eigenvalue weighted by molar-refractivity contribution is 0.118. The summed E-state index contributed by atoms with van der Waals surface area (Å²) in [6.45, 7) is 9.81. The van der Waals surface area contributed by atoms with Crippen LogP contribution in [-0.4, -0.2) is 43.3 Å². The number of amides is 1. The Hall–Kier alpha value is -0.770. The van der Waals surface area contributed by atoms with E-state index in [-0.39, 0.29) is 12.1 Å². The number of piperidine rings is 1. The highest BCUT2D eigenvalue weighted by atomic mass is 16.5. The van der Waals surface area contributed by atoms with Crippen LogP contribution in [0.2, 0.25) is 0 Å². The van der Waals surface area contributed by atoms with Gasteiger partial charge >= 0.3 is 6.09 Å². The monoisotopic (exact) mass is 228 g/mol. The van der Waals surface area contributed by atoms with E-state index in [0.29, 0.717) is 12.5 Å². The summed E-state index contributed by atoms with van der Waals surface area (Å²) in [5.74, 6) is 0.695. The fourth-order valence-corrected chi connectivity index (χ4v) is 2.30. The highest BCUT2D eigenvalue weighted by molar-refractivity contribution is 5.67. The van der Waals surface area contributed by atoms with Gasteiger partial charge in [0.05, 0.1) is 6.61 Å². The summed E-state index contributed by atoms with van der Waals surface area (Å²) in [7, 11) is 0. The Morgan fingerprint density at radius 3 is 2.69 bits per heavy atom. The van der Waals surface area contributed by atoms with Crippen LogP contribution in [0, 0.1) is 5.92 Å². The zero-order chi connectivity index (χ0) is 12.0. The van der Waals surface area contributed by atoms with Gasteiger partial charge in [-0.25, -0.2) is 4.79 Å². The summed E-state index contributed by atoms with van der Waals surface area (Å²) in [4.78, 5) is 13.7. The van der Waals surface area contributed by atoms with Gasteiger partial charge in [-0.05, 0) is 25.8 Å². The van der Waals surface area contributed by atoms with E-state index >= 15 is 0 Å². The molecule has 1 saturated heterocycles. The van der Waals surface area contributed by atoms with Crippen molar-refractivity contribution < 1.29 is 9.53 Å². The molecular weight excluding hydrogens is 204 g/mol. The molecule has 94 valence electrons. The molecule has 1 amide bonds. The maximum absolute atomic E-state index is 11.3. The third kappa shape index (κ3) is 4.00. The average molecular weight is 228 g/mol. The van der Waals surface area contributed by atoms with E-state index in [1.54, 1.807) is 0 Å². The lowest BCUT2D eigenvalue weighted by Gasteiger charge is -2.37. The van der Waals surface area contributed by atoms with Gasteiger partial charge in [-0.15, -0.1) is 0 Å². The second-order valence-electron chi connectivity index (χ2n) is 4.42. The Bertz CT molecular complexity index is 209. The topological polar surface area (TPSA) is 41.6 Å². The molecule has 0 radical (unpaired) electrons. The minimum Gasteiger partial charge on any atom is -0.450 e. The molecule has 1 N–H and O–H groups in total. The third-order valence-electron chi connectivity index (χ3n) is 3.23. The molecule has 0 aliphatic carbocycles. The second-order valence-corrected chi connectivity index (χ2v) is 4.42. The Kier molecular flexibility index (Phi) is 5.60. The summed E-state index contributed by atoms with van der Waals surface area (Å²) in [5, 5.41) is 2.95. The number of hydrogen-bond donors (Lipinski definition) is 1. The molecule has 1 aliphatic rings. The standard InChI is InChI=1S/C12H24N2O2/c1-4-10-7-11(9-14(5-2)8-10)13-12(15)16-6-3/h10-11H,4-9H2,1-3H3,(H,13,15). The van der Waals surface area contributed by atoms with Gasteiger partial charge in [0.15, 0.2) is 0 Å². The largest absolute Gasteiger partial charge is 0.450 e. The van der Waals surface area contributed by atoms with Crippen LogP contribution in [-0.2, 0) is 4.74 Å². The molecule has 4 heteroatoms. The molecule has 0 aromatic rings. The number of ether oxygens (including phenoxy) is 1. The summed E-state index contributed by atoms with van der Waals surface area (Å²) in [6, 6.07) is 0.248. The van der Waals surface area contributed by atoms with Crippen LogP contribution in [0.25, 0.3) is 0 Å². The zero-order valence-corrected chi connectivity index (χ0v) is 10.7. The Labute approximate surface area is 98.3 Å². The maximum Gasteiger partial charge on any atom is 0.407 e. The van der Waals surface area contributed by atoms with Crippen molar-refractivity contribution >= 4 is 6.09 Å². The molecule has 4 nitrogen and oxygen atoms in total. The number of carbonyl (C=O) groups is 1. The van der Waals surface area contributed by atoms with Crippen LogP contribution in [0.3, 0.4) is 0 Å². The van der Waals surface area contributed by atoms with Crippen molar-refractivity contribution in [3.8, 4) is 0 Å². The first-order valence-corrected chi connectivity index (χ1v) is 6.35. The van der Waals surface area contributed by atoms with Crippen molar-refractivity contribution in [2.45, 2.75) is 39.7 Å². The number of nitrogens with one attached hydrogen (secondary N) is 1. The summed E-state index contributed by atoms with van der Waals surface area (Å²) in [6.07, 6.45) is 1.98. The molecular formula is C12H24N2O2. The van der Waals surface area contributed by atoms with Crippen molar-refractivity contribution in [2.24, 2.45) is 5.92 Å². The lowest BCUT2D eigenvalue weighted by Crippen LogP contribution is -2.50. The zero-order valence-electron chi connectivity index (χ0n) is 10.7. The average Bonchev–Trinajstić information content (AvgIpc) is 2.28. The van der Waals surface area contributed by atoms with Crippen molar-refractivity contribution in [3.63, 3.8) is 0 Å². The smallest absolute Gasteiger partial charge is 0.407 e. The molecule has 2 unspecified atom stereocenters. The van der Waals surface area contributed by atoms with Crippen molar-refractivity contribution in [1.29, 1.82) is 0 Å². The van der Waals surface area contributed by atoms with Gasteiger partial charge in [0, 0.05) is 19.1 Å². The number of carbonyl (C=O) groups excluding carboxylic acids is 1. The van der Waals surface area contributed by atoms with Crippen LogP contribution in [0.1, 0.15) is 33.6 Å². The normalized spacial score (nSPS) is 26.4. The van der Waals surface area contributed by atoms with Crippen LogP contribution in [0.15, 0.2) is 0 Å². The highest BCUT2D eigenvalue weighted by Crippen LogP contribution is 2.19. The highest BCUT2D eigenvalue weighted by Gasteiger charge is 2.26. The first kappa shape index (κ1) is 13.3. The van der Waals surface area contributed by atoms with Gasteiger partial charge in [0.25, 0.3) is 0 Å². The fourth-order valence-electron chi connectivity index (χ4n) is 2.30. The third-order valence-corrected chi connectivity index (χ3v) is 3.23. The molecule has 1 aliphatic heterocycles. The SMILES string of the molecule is CCOC(=O)NC1CC(CC)CN(CC)C1. The molecule has 1 heterocycles. The number of alkyl carbamates (subject to hydrolysis) is 1. The fraction of sp³-hybridized carbons (Fsp3) is 0.917. The number of hydrogen-bond acceptors (Lipinski definition) is 3. The molecule has 0 aromatic carbocycles. The molecule has 16 heavy (non-hydrogen) atoms. The van der Waals surface area contributed by atoms with E-state index in [9.17, 15) is 4.79 Å². The minimum atomic E-state index is -0.277. The quantitative estimate of drug-likeness (QED) is 0.798. The first-order chi connectivity index (χ1) is 7.69. The Morgan fingerprint density at radius 2 is 2.12 bits per heavy atom. The predicted molar refractivity (Wildman–Crippen MR) is 64.5 cm³/mol. The van der Waals surface area contributed by atoms with E-state index < -0.39 is 0 Å². The van der Waals surface area contributed by atoms with Crippen molar-refractivity contribution in [3.05, 3.63) is 0 Å². The number of nitrogens with zero attached hydrogens (tertiary/aromatic N) is 1. The summed E-state index contributed by atoms with van der Waals surface area (Å²) < 4.78 is 4.91. The van der Waals surface area contributed by atoms with E-state index in [4.69, 9.17) is 4.74 Å². The van der Waals surface area contributed by atoms with E-state index in [1.165, 1.54) is 6.42 Å². The Morgan fingerprint density at radius 1 is 1.38 bits per heavy atom. The molecule has 0 bridgehead atoms. The van der Waals surface area contributed by atoms with Crippen LogP contribution in [0.5, 0.6) is 0 Å². The van der Waals surface area contributed by atoms with Crippen molar-refractivity contribution in [2.75, 3.05) is 26.2 Å². The number of likely N-dealkylation sites (N-methyl/N-ethyl adjacent to an activating group) is 1. The van der Waals surface area contributed by atoms with Gasteiger partial charge in [0.2, 0.25) is 0 Å². The number of likely N-dealkylation sites (tertiary alicyclic amines) is 1. The van der Waals surface area contributed by atoms with E-state index in [2.05, 4.69) is 24.1 Å². The van der Waals surface area contributed by atoms with E-state index in [1.807, 2.05) is 6.92 Å². The molecule has 2 atom stereocenters. The molecule has 0 saturated carbocycles. The van der Waals surface area contributed by atoms with Gasteiger partial charge < -0.3 is 15.0 Å². The minimum absolute atomic E-state index is 0.248. The number of rotatable bonds is 4. The maximum atomic E-state index is 11.3. The molecule has 1 fully saturated rings. The summed E-state index contributed by atoms with van der Waals surface area (Å²) in [5.41, 5.74) is 0. The lowest BCUT2D eigenvalue weighted by atomic mass is 9.92.